The molecule has 1 aliphatic heterocycles. The fraction of sp³-hybridized carbons (Fsp3) is 0.941. The molecule has 0 spiro atoms. The molecule has 0 aromatic carbocycles. The molecule has 130 valence electrons. The standard InChI is InChI=1S/C17H35N3O2/c1-6-14(13-18-16(21)22-17(3,4)5)19-15-9-8-11-20(7-2)12-10-15/h14-15,19H,6-13H2,1-5H3,(H,18,21). The van der Waals surface area contributed by atoms with Crippen molar-refractivity contribution >= 4 is 6.09 Å². The van der Waals surface area contributed by atoms with Crippen molar-refractivity contribution in [3.63, 3.8) is 0 Å². The van der Waals surface area contributed by atoms with E-state index in [4.69, 9.17) is 4.74 Å². The summed E-state index contributed by atoms with van der Waals surface area (Å²) in [5.74, 6) is 0. The highest BCUT2D eigenvalue weighted by Gasteiger charge is 2.20. The van der Waals surface area contributed by atoms with Crippen LogP contribution in [0.15, 0.2) is 0 Å². The Hall–Kier alpha value is -0.810. The molecule has 1 aliphatic rings. The molecule has 0 saturated carbocycles. The molecular weight excluding hydrogens is 278 g/mol. The van der Waals surface area contributed by atoms with E-state index in [9.17, 15) is 4.79 Å². The highest BCUT2D eigenvalue weighted by molar-refractivity contribution is 5.67. The lowest BCUT2D eigenvalue weighted by atomic mass is 10.1. The van der Waals surface area contributed by atoms with Gasteiger partial charge in [-0.25, -0.2) is 4.79 Å². The van der Waals surface area contributed by atoms with E-state index in [-0.39, 0.29) is 6.09 Å². The first-order chi connectivity index (χ1) is 10.3. The minimum absolute atomic E-state index is 0.311. The molecule has 0 bridgehead atoms. The molecule has 2 atom stereocenters. The van der Waals surface area contributed by atoms with Crippen molar-refractivity contribution in [1.82, 2.24) is 15.5 Å². The smallest absolute Gasteiger partial charge is 0.407 e. The maximum atomic E-state index is 11.7. The summed E-state index contributed by atoms with van der Waals surface area (Å²) in [6.07, 6.45) is 4.34. The number of likely N-dealkylation sites (tertiary alicyclic amines) is 1. The summed E-state index contributed by atoms with van der Waals surface area (Å²) < 4.78 is 5.29. The lowest BCUT2D eigenvalue weighted by Crippen LogP contribution is -2.46. The maximum absolute atomic E-state index is 11.7. The van der Waals surface area contributed by atoms with Crippen LogP contribution in [0.5, 0.6) is 0 Å². The van der Waals surface area contributed by atoms with Gasteiger partial charge in [-0.15, -0.1) is 0 Å². The van der Waals surface area contributed by atoms with Gasteiger partial charge in [-0.2, -0.15) is 0 Å². The largest absolute Gasteiger partial charge is 0.444 e. The van der Waals surface area contributed by atoms with E-state index in [1.807, 2.05) is 20.8 Å². The number of rotatable bonds is 6. The van der Waals surface area contributed by atoms with E-state index >= 15 is 0 Å². The summed E-state index contributed by atoms with van der Waals surface area (Å²) >= 11 is 0. The van der Waals surface area contributed by atoms with Crippen molar-refractivity contribution in [2.75, 3.05) is 26.2 Å². The van der Waals surface area contributed by atoms with Crippen LogP contribution >= 0.6 is 0 Å². The molecule has 2 N–H and O–H groups in total. The lowest BCUT2D eigenvalue weighted by molar-refractivity contribution is 0.0521. The van der Waals surface area contributed by atoms with Gasteiger partial charge >= 0.3 is 6.09 Å². The van der Waals surface area contributed by atoms with Gasteiger partial charge in [0.05, 0.1) is 0 Å². The van der Waals surface area contributed by atoms with Gasteiger partial charge in [0.2, 0.25) is 0 Å². The third kappa shape index (κ3) is 7.99. The third-order valence-corrected chi connectivity index (χ3v) is 4.12. The van der Waals surface area contributed by atoms with Crippen molar-refractivity contribution in [3.8, 4) is 0 Å². The highest BCUT2D eigenvalue weighted by atomic mass is 16.6. The van der Waals surface area contributed by atoms with E-state index in [1.165, 1.54) is 32.4 Å². The summed E-state index contributed by atoms with van der Waals surface area (Å²) in [6.45, 7) is 14.2. The van der Waals surface area contributed by atoms with Crippen LogP contribution in [0.4, 0.5) is 4.79 Å². The van der Waals surface area contributed by atoms with Crippen molar-refractivity contribution in [1.29, 1.82) is 0 Å². The Morgan fingerprint density at radius 2 is 2.00 bits per heavy atom. The summed E-state index contributed by atoms with van der Waals surface area (Å²) in [6, 6.07) is 0.868. The van der Waals surface area contributed by atoms with Crippen LogP contribution in [0.3, 0.4) is 0 Å². The number of hydrogen-bond donors (Lipinski definition) is 2. The molecule has 5 nitrogen and oxygen atoms in total. The number of alkyl carbamates (subject to hydrolysis) is 1. The molecule has 1 amide bonds. The highest BCUT2D eigenvalue weighted by Crippen LogP contribution is 2.12. The monoisotopic (exact) mass is 313 g/mol. The quantitative estimate of drug-likeness (QED) is 0.792. The molecule has 2 unspecified atom stereocenters. The van der Waals surface area contributed by atoms with E-state index in [1.54, 1.807) is 0 Å². The lowest BCUT2D eigenvalue weighted by Gasteiger charge is -2.25. The van der Waals surface area contributed by atoms with E-state index in [0.717, 1.165) is 13.0 Å². The van der Waals surface area contributed by atoms with Crippen molar-refractivity contribution in [2.24, 2.45) is 0 Å². The van der Waals surface area contributed by atoms with E-state index < -0.39 is 5.60 Å². The van der Waals surface area contributed by atoms with Gasteiger partial charge in [-0.05, 0) is 66.1 Å². The van der Waals surface area contributed by atoms with E-state index in [2.05, 4.69) is 29.4 Å². The molecule has 22 heavy (non-hydrogen) atoms. The molecule has 1 saturated heterocycles. The maximum Gasteiger partial charge on any atom is 0.407 e. The van der Waals surface area contributed by atoms with Gasteiger partial charge in [0.1, 0.15) is 5.60 Å². The number of carbonyl (C=O) groups is 1. The number of nitrogens with zero attached hydrogens (tertiary/aromatic N) is 1. The Balaban J connectivity index is 2.33. The van der Waals surface area contributed by atoms with Gasteiger partial charge in [-0.3, -0.25) is 0 Å². The molecule has 1 heterocycles. The van der Waals surface area contributed by atoms with Crippen LogP contribution in [0.25, 0.3) is 0 Å². The van der Waals surface area contributed by atoms with E-state index in [0.29, 0.717) is 18.6 Å². The summed E-state index contributed by atoms with van der Waals surface area (Å²) in [5.41, 5.74) is -0.440. The Bertz CT molecular complexity index is 328. The second-order valence-corrected chi connectivity index (χ2v) is 7.22. The molecule has 0 radical (unpaired) electrons. The van der Waals surface area contributed by atoms with Crippen molar-refractivity contribution in [3.05, 3.63) is 0 Å². The Labute approximate surface area is 136 Å². The number of ether oxygens (including phenoxy) is 1. The fourth-order valence-electron chi connectivity index (χ4n) is 2.81. The summed E-state index contributed by atoms with van der Waals surface area (Å²) in [4.78, 5) is 14.3. The Kier molecular flexibility index (Phi) is 8.18. The minimum Gasteiger partial charge on any atom is -0.444 e. The van der Waals surface area contributed by atoms with Crippen LogP contribution in [0, 0.1) is 0 Å². The normalized spacial score (nSPS) is 22.0. The average Bonchev–Trinajstić information content (AvgIpc) is 2.66. The SMILES string of the molecule is CCC(CNC(=O)OC(C)(C)C)NC1CCCN(CC)CC1. The second kappa shape index (κ2) is 9.36. The van der Waals surface area contributed by atoms with Crippen LogP contribution < -0.4 is 10.6 Å². The van der Waals surface area contributed by atoms with Crippen LogP contribution in [-0.4, -0.2) is 54.9 Å². The topological polar surface area (TPSA) is 53.6 Å². The minimum atomic E-state index is -0.440. The van der Waals surface area contributed by atoms with Gasteiger partial charge < -0.3 is 20.3 Å². The predicted molar refractivity (Wildman–Crippen MR) is 91.2 cm³/mol. The number of carbonyl (C=O) groups excluding carboxylic acids is 1. The molecule has 0 aliphatic carbocycles. The third-order valence-electron chi connectivity index (χ3n) is 4.12. The van der Waals surface area contributed by atoms with Crippen molar-refractivity contribution < 1.29 is 9.53 Å². The number of amides is 1. The van der Waals surface area contributed by atoms with Crippen molar-refractivity contribution in [2.45, 2.75) is 78.0 Å². The zero-order valence-corrected chi connectivity index (χ0v) is 15.1. The van der Waals surface area contributed by atoms with Crippen LogP contribution in [0.1, 0.15) is 60.3 Å². The fourth-order valence-corrected chi connectivity index (χ4v) is 2.81. The van der Waals surface area contributed by atoms with Crippen LogP contribution in [0.2, 0.25) is 0 Å². The van der Waals surface area contributed by atoms with Gasteiger partial charge in [-0.1, -0.05) is 13.8 Å². The molecule has 1 fully saturated rings. The van der Waals surface area contributed by atoms with Gasteiger partial charge in [0.25, 0.3) is 0 Å². The first kappa shape index (κ1) is 19.2. The summed E-state index contributed by atoms with van der Waals surface area (Å²) in [5, 5.41) is 6.59. The zero-order valence-electron chi connectivity index (χ0n) is 15.1. The Morgan fingerprint density at radius 1 is 1.27 bits per heavy atom. The molecule has 0 aromatic heterocycles. The molecule has 0 aromatic rings. The second-order valence-electron chi connectivity index (χ2n) is 7.22. The van der Waals surface area contributed by atoms with Gasteiger partial charge in [0, 0.05) is 18.6 Å². The number of hydrogen-bond acceptors (Lipinski definition) is 4. The Morgan fingerprint density at radius 3 is 2.59 bits per heavy atom. The van der Waals surface area contributed by atoms with Gasteiger partial charge in [0.15, 0.2) is 0 Å². The average molecular weight is 313 g/mol. The number of nitrogens with one attached hydrogen (secondary N) is 2. The first-order valence-corrected chi connectivity index (χ1v) is 8.79. The first-order valence-electron chi connectivity index (χ1n) is 8.79. The summed E-state index contributed by atoms with van der Waals surface area (Å²) in [7, 11) is 0. The molecular formula is C17H35N3O2. The van der Waals surface area contributed by atoms with Crippen LogP contribution in [-0.2, 0) is 4.74 Å². The zero-order chi connectivity index (χ0) is 16.6. The molecule has 1 rings (SSSR count). The molecule has 5 heteroatoms. The predicted octanol–water partition coefficient (Wildman–Crippen LogP) is 2.75.